The van der Waals surface area contributed by atoms with Crippen molar-refractivity contribution >= 4 is 11.9 Å². The SMILES string of the molecule is NC(N)=NCCC[C@H](N)C(=O)NCCOCCN1CCCCN(CCC23CC4CC(CC(C4)C2)C3)C[C@H]2O[C@@H]3O[C@H]4C(O)C(O)[C@H](O[C@@H]4CO)O[C@H]4C(O)C(O)[C@H](O[C@@H]4CO)O[C@H]4C(O)C(O)[C@H](O[C@@H]4C1)O[C@H]1C(O)C(O)[C@H](O[C@@H]1CO)O[C@H]1C(O)C(O)[C@@H](O[C@@H]4C(CO)O[C@H](O[C@H]2C(O)C3O)C(O)C4O)O[C@@H]1CO. The van der Waals surface area contributed by atoms with Crippen LogP contribution in [0.25, 0.3) is 0 Å². The molecule has 26 N–H and O–H groups in total. The van der Waals surface area contributed by atoms with E-state index >= 15 is 0 Å². The zero-order chi connectivity index (χ0) is 78.7. The van der Waals surface area contributed by atoms with Gasteiger partial charge in [0.15, 0.2) is 50.0 Å². The van der Waals surface area contributed by atoms with Crippen molar-refractivity contribution < 1.29 is 173 Å². The van der Waals surface area contributed by atoms with Gasteiger partial charge in [0.2, 0.25) is 5.91 Å². The number of rotatable bonds is 19. The first-order chi connectivity index (χ1) is 52.6. The van der Waals surface area contributed by atoms with Crippen molar-refractivity contribution in [1.29, 1.82) is 0 Å². The summed E-state index contributed by atoms with van der Waals surface area (Å²) in [6.07, 6.45) is -60.9. The number of hydrogen-bond donors (Lipinski definition) is 23. The number of amides is 1. The Labute approximate surface area is 633 Å². The van der Waals surface area contributed by atoms with Crippen LogP contribution in [0.4, 0.5) is 0 Å². The first-order valence-electron chi connectivity index (χ1n) is 38.5. The van der Waals surface area contributed by atoms with Gasteiger partial charge in [-0.2, -0.15) is 0 Å². The predicted molar refractivity (Wildman–Crippen MR) is 363 cm³/mol. The summed E-state index contributed by atoms with van der Waals surface area (Å²) >= 11 is 0. The van der Waals surface area contributed by atoms with Crippen LogP contribution in [0, 0.1) is 23.2 Å². The Morgan fingerprint density at radius 2 is 0.736 bits per heavy atom. The zero-order valence-electron chi connectivity index (χ0n) is 61.0. The Bertz CT molecular complexity index is 2860. The molecule has 634 valence electrons. The van der Waals surface area contributed by atoms with Gasteiger partial charge in [0.1, 0.15) is 171 Å². The number of carbonyl (C=O) groups excluding carboxylic acids is 1. The molecule has 0 aromatic heterocycles. The number of fused-ring (bicyclic) bond motifs is 5. The van der Waals surface area contributed by atoms with Crippen LogP contribution >= 0.6 is 0 Å². The second-order valence-corrected chi connectivity index (χ2v) is 31.7. The largest absolute Gasteiger partial charge is 0.394 e. The van der Waals surface area contributed by atoms with Crippen LogP contribution in [0.15, 0.2) is 4.99 Å². The van der Waals surface area contributed by atoms with Gasteiger partial charge in [-0.05, 0) is 113 Å². The Hall–Kier alpha value is -2.74. The quantitative estimate of drug-likeness (QED) is 0.0324. The summed E-state index contributed by atoms with van der Waals surface area (Å²) in [6, 6.07) is -0.896. The van der Waals surface area contributed by atoms with Crippen LogP contribution in [0.5, 0.6) is 0 Å². The van der Waals surface area contributed by atoms with E-state index in [4.69, 9.17) is 88.3 Å². The Morgan fingerprint density at radius 1 is 0.427 bits per heavy atom. The lowest BCUT2D eigenvalue weighted by Crippen LogP contribution is -2.68. The van der Waals surface area contributed by atoms with E-state index in [1.807, 2.05) is 4.90 Å². The van der Waals surface area contributed by atoms with E-state index in [1.54, 1.807) is 0 Å². The third-order valence-corrected chi connectivity index (χ3v) is 24.0. The van der Waals surface area contributed by atoms with Gasteiger partial charge < -0.3 is 195 Å². The molecular weight excluding hydrogens is 1470 g/mol. The predicted octanol–water partition coefficient (Wildman–Crippen LogP) is -12.7. The maximum absolute atomic E-state index is 13.0. The number of nitrogens with one attached hydrogen (secondary N) is 1. The van der Waals surface area contributed by atoms with Crippen LogP contribution in [0.2, 0.25) is 0 Å². The number of nitrogens with zero attached hydrogens (tertiary/aromatic N) is 3. The van der Waals surface area contributed by atoms with Gasteiger partial charge in [0.05, 0.1) is 52.3 Å². The van der Waals surface area contributed by atoms with Crippen molar-refractivity contribution in [2.24, 2.45) is 45.4 Å². The lowest BCUT2D eigenvalue weighted by atomic mass is 9.49. The molecule has 42 heteroatoms. The van der Waals surface area contributed by atoms with Gasteiger partial charge in [0, 0.05) is 32.7 Å². The van der Waals surface area contributed by atoms with Crippen LogP contribution in [-0.4, -0.2) is 438 Å². The van der Waals surface area contributed by atoms with Crippen molar-refractivity contribution in [1.82, 2.24) is 15.1 Å². The molecule has 14 heterocycles. The number of aliphatic hydroxyl groups excluding tert-OH is 19. The van der Waals surface area contributed by atoms with Gasteiger partial charge >= 0.3 is 0 Å². The maximum atomic E-state index is 13.0. The fraction of sp³-hybridized carbons (Fsp3) is 0.971. The average Bonchev–Trinajstić information content (AvgIpc) is 0.758. The van der Waals surface area contributed by atoms with Crippen LogP contribution in [0.3, 0.4) is 0 Å². The van der Waals surface area contributed by atoms with E-state index in [1.165, 1.54) is 0 Å². The van der Waals surface area contributed by atoms with E-state index in [0.717, 1.165) is 38.5 Å². The molecule has 18 fully saturated rings. The number of carbonyl (C=O) groups is 1. The Morgan fingerprint density at radius 3 is 1.06 bits per heavy atom. The standard InChI is InChI=1S/C68H117N7O35/c69-30(4-3-6-73-67(70)71)59(95)72-7-12-96-13-11-75-9-2-1-8-74(10-5-68-17-27-14-28(18-68)16-29(15-27)19-68)20-31-52-38(81)45(88)60(97-31)106-54-33(22-76)101-64(49(92)42(54)85)108-57-36(25-79)100-63(48(91)41(57)84)105-53-32(21-75)98-61(46(89)39(53)82)107-55-34(23-77)102-65(50(93)43(55)86)110-58-37(26-80)103-66(51(94)44(58)87)109-56-35(24-78)99-62(104-52)47(90)40(56)83/h27-58,60-66,76-94H,1-26,69H2,(H,72,95)(H4,70,71,73)/t27?,28?,29?,30-,31+,32+,33+,34+,35?,36+,37+,38?,39?,40?,41?,42?,43?,44?,45?,46?,47?,48?,49?,50?,51?,52+,53+,54+,55+,56+,57+,58+,60+,61+,62+,63+,64+,65+,66+,68?/m0/s1. The highest BCUT2D eigenvalue weighted by molar-refractivity contribution is 5.81. The molecule has 14 aliphatic heterocycles. The first-order valence-corrected chi connectivity index (χ1v) is 38.5. The summed E-state index contributed by atoms with van der Waals surface area (Å²) in [5.74, 6) is 1.08. The minimum atomic E-state index is -2.22. The summed E-state index contributed by atoms with van der Waals surface area (Å²) in [5, 5.41) is 226. The molecule has 0 radical (unpaired) electrons. The normalized spacial score (nSPS) is 48.9. The molecule has 15 unspecified atom stereocenters. The smallest absolute Gasteiger partial charge is 0.236 e. The zero-order valence-corrected chi connectivity index (χ0v) is 61.0. The molecule has 0 spiro atoms. The molecule has 0 aromatic carbocycles. The van der Waals surface area contributed by atoms with Gasteiger partial charge in [-0.3, -0.25) is 14.7 Å². The molecule has 36 atom stereocenters. The average molecular weight is 1590 g/mol. The van der Waals surface area contributed by atoms with Gasteiger partial charge in [-0.15, -0.1) is 0 Å². The summed E-state index contributed by atoms with van der Waals surface area (Å²) in [4.78, 5) is 20.8. The van der Waals surface area contributed by atoms with Crippen LogP contribution in [0.1, 0.15) is 70.6 Å². The minimum Gasteiger partial charge on any atom is -0.394 e. The molecule has 42 nitrogen and oxygen atoms in total. The van der Waals surface area contributed by atoms with E-state index in [9.17, 15) is 102 Å². The van der Waals surface area contributed by atoms with Crippen molar-refractivity contribution in [3.8, 4) is 0 Å². The lowest BCUT2D eigenvalue weighted by Gasteiger charge is -2.57. The maximum Gasteiger partial charge on any atom is 0.236 e. The molecular formula is C68H117N7O35. The Kier molecular flexibility index (Phi) is 30.2. The fourth-order valence-corrected chi connectivity index (χ4v) is 18.5. The van der Waals surface area contributed by atoms with Crippen molar-refractivity contribution in [3.05, 3.63) is 0 Å². The monoisotopic (exact) mass is 1590 g/mol. The molecule has 110 heavy (non-hydrogen) atoms. The molecule has 1 amide bonds. The topological polar surface area (TPSA) is 649 Å². The van der Waals surface area contributed by atoms with Gasteiger partial charge in [-0.1, -0.05) is 0 Å². The van der Waals surface area contributed by atoms with Crippen molar-refractivity contribution in [2.75, 3.05) is 98.6 Å². The van der Waals surface area contributed by atoms with Gasteiger partial charge in [-0.25, -0.2) is 0 Å². The molecule has 4 saturated carbocycles. The summed E-state index contributed by atoms with van der Waals surface area (Å²) < 4.78 is 92.5. The number of hydrogen-bond acceptors (Lipinski definition) is 39. The molecule has 18 rings (SSSR count). The lowest BCUT2D eigenvalue weighted by molar-refractivity contribution is -0.396. The highest BCUT2D eigenvalue weighted by atomic mass is 16.8. The van der Waals surface area contributed by atoms with Gasteiger partial charge in [0.25, 0.3) is 0 Å². The summed E-state index contributed by atoms with van der Waals surface area (Å²) in [6.45, 7) is -4.58. The van der Waals surface area contributed by atoms with Crippen LogP contribution in [-0.2, 0) is 75.8 Å². The number of ether oxygens (including phenoxy) is 15. The Balaban J connectivity index is 0.921. The number of aliphatic hydroxyl groups is 19. The highest BCUT2D eigenvalue weighted by Crippen LogP contribution is 2.61. The van der Waals surface area contributed by atoms with Crippen molar-refractivity contribution in [3.63, 3.8) is 0 Å². The van der Waals surface area contributed by atoms with E-state index in [-0.39, 0.29) is 76.8 Å². The van der Waals surface area contributed by atoms with Crippen molar-refractivity contribution in [2.45, 2.75) is 292 Å². The van der Waals surface area contributed by atoms with E-state index < -0.39 is 260 Å². The third kappa shape index (κ3) is 19.3. The minimum absolute atomic E-state index is 0.0195. The number of nitrogens with two attached hydrogens (primary N) is 3. The van der Waals surface area contributed by atoms with Crippen LogP contribution < -0.4 is 22.5 Å². The summed E-state index contributed by atoms with van der Waals surface area (Å²) in [7, 11) is 0. The number of guanidine groups is 1. The second-order valence-electron chi connectivity index (χ2n) is 31.7. The number of aliphatic imine (C=N–C) groups is 1. The second kappa shape index (κ2) is 38.3. The third-order valence-electron chi connectivity index (χ3n) is 24.0. The first kappa shape index (κ1) is 86.6. The van der Waals surface area contributed by atoms with E-state index in [2.05, 4.69) is 15.2 Å². The highest BCUT2D eigenvalue weighted by Gasteiger charge is 2.61. The molecule has 18 aliphatic rings. The molecule has 14 saturated heterocycles. The molecule has 4 aliphatic carbocycles. The fourth-order valence-electron chi connectivity index (χ4n) is 18.5. The molecule has 0 aromatic rings. The van der Waals surface area contributed by atoms with E-state index in [0.29, 0.717) is 50.0 Å². The summed E-state index contributed by atoms with van der Waals surface area (Å²) in [5.41, 5.74) is 17.0. The molecule has 18 bridgehead atoms.